The molecule has 0 aromatic heterocycles. The number of carbonyl (C=O) groups is 2. The summed E-state index contributed by atoms with van der Waals surface area (Å²) in [5, 5.41) is 3.41. The molecular formula is C22H26ClFN2O3. The summed E-state index contributed by atoms with van der Waals surface area (Å²) in [5.74, 6) is -0.643. The molecule has 0 spiro atoms. The van der Waals surface area contributed by atoms with Crippen LogP contribution in [0.2, 0.25) is 5.02 Å². The van der Waals surface area contributed by atoms with Gasteiger partial charge in [-0.1, -0.05) is 36.7 Å². The van der Waals surface area contributed by atoms with E-state index in [9.17, 15) is 14.0 Å². The van der Waals surface area contributed by atoms with Crippen molar-refractivity contribution in [3.05, 3.63) is 64.9 Å². The molecular weight excluding hydrogens is 395 g/mol. The lowest BCUT2D eigenvalue weighted by Gasteiger charge is -2.30. The largest absolute Gasteiger partial charge is 0.484 e. The van der Waals surface area contributed by atoms with E-state index in [2.05, 4.69) is 5.32 Å². The molecule has 2 amide bonds. The fourth-order valence-electron chi connectivity index (χ4n) is 2.62. The summed E-state index contributed by atoms with van der Waals surface area (Å²) in [6, 6.07) is 11.8. The third-order valence-electron chi connectivity index (χ3n) is 4.64. The highest BCUT2D eigenvalue weighted by Crippen LogP contribution is 2.19. The first-order valence-electron chi connectivity index (χ1n) is 9.53. The van der Waals surface area contributed by atoms with Gasteiger partial charge in [-0.05, 0) is 56.2 Å². The maximum atomic E-state index is 13.0. The monoisotopic (exact) mass is 420 g/mol. The van der Waals surface area contributed by atoms with Crippen LogP contribution >= 0.6 is 11.6 Å². The summed E-state index contributed by atoms with van der Waals surface area (Å²) in [5.41, 5.74) is 0.729. The number of hydrogen-bond acceptors (Lipinski definition) is 3. The molecule has 0 unspecified atom stereocenters. The molecule has 0 saturated heterocycles. The molecule has 29 heavy (non-hydrogen) atoms. The minimum atomic E-state index is -0.718. The van der Waals surface area contributed by atoms with E-state index in [4.69, 9.17) is 16.3 Å². The van der Waals surface area contributed by atoms with E-state index < -0.39 is 6.04 Å². The van der Waals surface area contributed by atoms with Crippen molar-refractivity contribution in [3.63, 3.8) is 0 Å². The van der Waals surface area contributed by atoms with Gasteiger partial charge in [0.05, 0.1) is 0 Å². The zero-order chi connectivity index (χ0) is 21.4. The second-order valence-corrected chi connectivity index (χ2v) is 7.26. The van der Waals surface area contributed by atoms with E-state index in [-0.39, 0.29) is 36.8 Å². The number of amides is 2. The van der Waals surface area contributed by atoms with E-state index in [1.54, 1.807) is 19.1 Å². The second-order valence-electron chi connectivity index (χ2n) is 6.85. The first kappa shape index (κ1) is 22.7. The summed E-state index contributed by atoms with van der Waals surface area (Å²) >= 11 is 6.25. The molecule has 0 radical (unpaired) electrons. The molecule has 2 atom stereocenters. The SMILES string of the molecule is CC[C@H](C)NC(=O)[C@H](C)N(Cc1ccccc1Cl)C(=O)COc1ccc(F)cc1. The fraction of sp³-hybridized carbons (Fsp3) is 0.364. The van der Waals surface area contributed by atoms with Crippen molar-refractivity contribution < 1.29 is 18.7 Å². The van der Waals surface area contributed by atoms with E-state index >= 15 is 0 Å². The number of rotatable bonds is 9. The Balaban J connectivity index is 2.15. The number of nitrogens with one attached hydrogen (secondary N) is 1. The summed E-state index contributed by atoms with van der Waals surface area (Å²) in [4.78, 5) is 27.0. The second kappa shape index (κ2) is 10.8. The van der Waals surface area contributed by atoms with Crippen LogP contribution in [0.3, 0.4) is 0 Å². The lowest BCUT2D eigenvalue weighted by Crippen LogP contribution is -2.50. The van der Waals surface area contributed by atoms with E-state index in [1.165, 1.54) is 29.2 Å². The third-order valence-corrected chi connectivity index (χ3v) is 5.01. The maximum absolute atomic E-state index is 13.0. The van der Waals surface area contributed by atoms with Crippen LogP contribution in [-0.4, -0.2) is 35.4 Å². The predicted molar refractivity (Wildman–Crippen MR) is 111 cm³/mol. The van der Waals surface area contributed by atoms with Crippen molar-refractivity contribution in [2.75, 3.05) is 6.61 Å². The summed E-state index contributed by atoms with van der Waals surface area (Å²) in [6.07, 6.45) is 0.782. The van der Waals surface area contributed by atoms with E-state index in [0.717, 1.165) is 12.0 Å². The van der Waals surface area contributed by atoms with Gasteiger partial charge in [0.1, 0.15) is 17.6 Å². The molecule has 5 nitrogen and oxygen atoms in total. The number of halogens is 2. The van der Waals surface area contributed by atoms with Crippen LogP contribution in [0.5, 0.6) is 5.75 Å². The summed E-state index contributed by atoms with van der Waals surface area (Å²) < 4.78 is 18.5. The topological polar surface area (TPSA) is 58.6 Å². The van der Waals surface area contributed by atoms with Gasteiger partial charge in [0.2, 0.25) is 5.91 Å². The van der Waals surface area contributed by atoms with Crippen molar-refractivity contribution in [2.24, 2.45) is 0 Å². The average molecular weight is 421 g/mol. The van der Waals surface area contributed by atoms with Crippen molar-refractivity contribution >= 4 is 23.4 Å². The molecule has 156 valence electrons. The van der Waals surface area contributed by atoms with Gasteiger partial charge in [-0.25, -0.2) is 4.39 Å². The van der Waals surface area contributed by atoms with Crippen LogP contribution in [-0.2, 0) is 16.1 Å². The molecule has 0 aliphatic carbocycles. The van der Waals surface area contributed by atoms with Gasteiger partial charge in [-0.3, -0.25) is 9.59 Å². The number of ether oxygens (including phenoxy) is 1. The number of nitrogens with zero attached hydrogens (tertiary/aromatic N) is 1. The molecule has 0 fully saturated rings. The minimum absolute atomic E-state index is 0.00215. The Hall–Kier alpha value is -2.60. The first-order valence-corrected chi connectivity index (χ1v) is 9.91. The van der Waals surface area contributed by atoms with Gasteiger partial charge in [0, 0.05) is 17.6 Å². The Morgan fingerprint density at radius 2 is 1.79 bits per heavy atom. The number of carbonyl (C=O) groups excluding carboxylic acids is 2. The van der Waals surface area contributed by atoms with Crippen LogP contribution in [0.1, 0.15) is 32.8 Å². The van der Waals surface area contributed by atoms with E-state index in [0.29, 0.717) is 10.8 Å². The lowest BCUT2D eigenvalue weighted by molar-refractivity contribution is -0.142. The standard InChI is InChI=1S/C22H26ClFN2O3/c1-4-15(2)25-22(28)16(3)26(13-17-7-5-6-8-20(17)23)21(27)14-29-19-11-9-18(24)10-12-19/h5-12,15-16H,4,13-14H2,1-3H3,(H,25,28)/t15-,16-/m0/s1. The van der Waals surface area contributed by atoms with Gasteiger partial charge < -0.3 is 15.0 Å². The maximum Gasteiger partial charge on any atom is 0.261 e. The smallest absolute Gasteiger partial charge is 0.261 e. The summed E-state index contributed by atoms with van der Waals surface area (Å²) in [7, 11) is 0. The molecule has 1 N–H and O–H groups in total. The molecule has 2 rings (SSSR count). The van der Waals surface area contributed by atoms with Crippen LogP contribution in [0.25, 0.3) is 0 Å². The number of benzene rings is 2. The van der Waals surface area contributed by atoms with Crippen molar-refractivity contribution in [1.82, 2.24) is 10.2 Å². The highest BCUT2D eigenvalue weighted by atomic mass is 35.5. The Morgan fingerprint density at radius 1 is 1.14 bits per heavy atom. The van der Waals surface area contributed by atoms with Crippen molar-refractivity contribution in [3.8, 4) is 5.75 Å². The van der Waals surface area contributed by atoms with Gasteiger partial charge in [-0.15, -0.1) is 0 Å². The van der Waals surface area contributed by atoms with Crippen LogP contribution in [0, 0.1) is 5.82 Å². The Bertz CT molecular complexity index is 829. The molecule has 0 aliphatic rings. The van der Waals surface area contributed by atoms with Gasteiger partial charge >= 0.3 is 0 Å². The molecule has 0 saturated carbocycles. The van der Waals surface area contributed by atoms with Crippen LogP contribution < -0.4 is 10.1 Å². The predicted octanol–water partition coefficient (Wildman–Crippen LogP) is 4.19. The van der Waals surface area contributed by atoms with Gasteiger partial charge in [0.15, 0.2) is 6.61 Å². The number of hydrogen-bond donors (Lipinski definition) is 1. The third kappa shape index (κ3) is 6.75. The minimum Gasteiger partial charge on any atom is -0.484 e. The Kier molecular flexibility index (Phi) is 8.46. The van der Waals surface area contributed by atoms with Crippen molar-refractivity contribution in [2.45, 2.75) is 45.8 Å². The lowest BCUT2D eigenvalue weighted by atomic mass is 10.1. The first-order chi connectivity index (χ1) is 13.8. The van der Waals surface area contributed by atoms with E-state index in [1.807, 2.05) is 26.0 Å². The molecule has 2 aromatic rings. The van der Waals surface area contributed by atoms with Crippen molar-refractivity contribution in [1.29, 1.82) is 0 Å². The van der Waals surface area contributed by atoms with Gasteiger partial charge in [0.25, 0.3) is 5.91 Å². The quantitative estimate of drug-likeness (QED) is 0.661. The van der Waals surface area contributed by atoms with Gasteiger partial charge in [-0.2, -0.15) is 0 Å². The summed E-state index contributed by atoms with van der Waals surface area (Å²) in [6.45, 7) is 5.43. The van der Waals surface area contributed by atoms with Crippen LogP contribution in [0.15, 0.2) is 48.5 Å². The zero-order valence-corrected chi connectivity index (χ0v) is 17.6. The normalized spacial score (nSPS) is 12.7. The van der Waals surface area contributed by atoms with Crippen LogP contribution in [0.4, 0.5) is 4.39 Å². The fourth-order valence-corrected chi connectivity index (χ4v) is 2.81. The Morgan fingerprint density at radius 3 is 2.41 bits per heavy atom. The zero-order valence-electron chi connectivity index (χ0n) is 16.8. The average Bonchev–Trinajstić information content (AvgIpc) is 2.71. The molecule has 7 heteroatoms. The molecule has 0 aliphatic heterocycles. The Labute approximate surface area is 175 Å². The highest BCUT2D eigenvalue weighted by molar-refractivity contribution is 6.31. The molecule has 0 heterocycles. The molecule has 0 bridgehead atoms. The molecule has 2 aromatic carbocycles. The highest BCUT2D eigenvalue weighted by Gasteiger charge is 2.27.